The second-order valence-electron chi connectivity index (χ2n) is 5.00. The lowest BCUT2D eigenvalue weighted by Gasteiger charge is -2.16. The third kappa shape index (κ3) is 3.22. The number of nitrogens with zero attached hydrogens (tertiary/aromatic N) is 1. The molecule has 19 heavy (non-hydrogen) atoms. The van der Waals surface area contributed by atoms with Crippen LogP contribution < -0.4 is 5.32 Å². The maximum atomic E-state index is 12.0. The molecule has 1 aliphatic rings. The van der Waals surface area contributed by atoms with Gasteiger partial charge in [-0.3, -0.25) is 4.79 Å². The van der Waals surface area contributed by atoms with Crippen LogP contribution in [0.25, 0.3) is 0 Å². The second kappa shape index (κ2) is 5.43. The lowest BCUT2D eigenvalue weighted by atomic mass is 10.1. The van der Waals surface area contributed by atoms with Crippen molar-refractivity contribution in [3.63, 3.8) is 0 Å². The molecule has 1 saturated carbocycles. The average molecular weight is 292 g/mol. The van der Waals surface area contributed by atoms with Gasteiger partial charge >= 0.3 is 0 Å². The zero-order valence-electron chi connectivity index (χ0n) is 10.8. The number of aryl methyl sites for hydroxylation is 1. The van der Waals surface area contributed by atoms with Crippen LogP contribution >= 0.6 is 22.7 Å². The van der Waals surface area contributed by atoms with Crippen molar-refractivity contribution in [2.75, 3.05) is 0 Å². The molecule has 2 aromatic heterocycles. The number of thiazole rings is 1. The van der Waals surface area contributed by atoms with Gasteiger partial charge in [0.05, 0.1) is 6.04 Å². The van der Waals surface area contributed by atoms with Gasteiger partial charge in [-0.15, -0.1) is 11.3 Å². The molecule has 1 N–H and O–H groups in total. The maximum absolute atomic E-state index is 12.0. The summed E-state index contributed by atoms with van der Waals surface area (Å²) in [6, 6.07) is 2.13. The lowest BCUT2D eigenvalue weighted by Crippen LogP contribution is -2.31. The molecule has 0 radical (unpaired) electrons. The predicted octanol–water partition coefficient (Wildman–Crippen LogP) is 3.32. The molecule has 3 rings (SSSR count). The van der Waals surface area contributed by atoms with Gasteiger partial charge in [-0.1, -0.05) is 0 Å². The SMILES string of the molecule is Cc1csc(C(Cc2ccsc2)NC(=O)C2CC2)n1. The van der Waals surface area contributed by atoms with Crippen LogP contribution in [-0.4, -0.2) is 10.9 Å². The number of nitrogens with one attached hydrogen (secondary N) is 1. The Labute approximate surface area is 120 Å². The molecule has 1 atom stereocenters. The van der Waals surface area contributed by atoms with Crippen molar-refractivity contribution in [2.24, 2.45) is 5.92 Å². The molecule has 0 aliphatic heterocycles. The molecule has 3 nitrogen and oxygen atoms in total. The van der Waals surface area contributed by atoms with Gasteiger partial charge in [0.2, 0.25) is 5.91 Å². The zero-order chi connectivity index (χ0) is 13.2. The average Bonchev–Trinajstić information content (AvgIpc) is 2.96. The highest BCUT2D eigenvalue weighted by Crippen LogP contribution is 2.31. The van der Waals surface area contributed by atoms with E-state index in [1.807, 2.05) is 12.3 Å². The molecular formula is C14H16N2OS2. The van der Waals surface area contributed by atoms with Gasteiger partial charge in [0.1, 0.15) is 5.01 Å². The summed E-state index contributed by atoms with van der Waals surface area (Å²) < 4.78 is 0. The van der Waals surface area contributed by atoms with E-state index in [9.17, 15) is 4.79 Å². The number of hydrogen-bond acceptors (Lipinski definition) is 4. The minimum Gasteiger partial charge on any atom is -0.346 e. The van der Waals surface area contributed by atoms with E-state index in [2.05, 4.69) is 27.1 Å². The molecule has 0 saturated heterocycles. The Morgan fingerprint density at radius 3 is 2.95 bits per heavy atom. The number of carbonyl (C=O) groups excluding carboxylic acids is 1. The van der Waals surface area contributed by atoms with E-state index in [-0.39, 0.29) is 17.9 Å². The Hall–Kier alpha value is -1.20. The molecule has 1 fully saturated rings. The fourth-order valence-corrected chi connectivity index (χ4v) is 3.54. The number of carbonyl (C=O) groups is 1. The summed E-state index contributed by atoms with van der Waals surface area (Å²) in [6.07, 6.45) is 2.90. The molecule has 1 amide bonds. The molecule has 5 heteroatoms. The van der Waals surface area contributed by atoms with Crippen molar-refractivity contribution in [1.29, 1.82) is 0 Å². The Morgan fingerprint density at radius 2 is 2.37 bits per heavy atom. The molecule has 100 valence electrons. The van der Waals surface area contributed by atoms with E-state index in [0.717, 1.165) is 30.0 Å². The maximum Gasteiger partial charge on any atom is 0.223 e. The van der Waals surface area contributed by atoms with Crippen molar-refractivity contribution >= 4 is 28.6 Å². The molecular weight excluding hydrogens is 276 g/mol. The standard InChI is InChI=1S/C14H16N2OS2/c1-9-7-19-14(15-9)12(6-10-4-5-18-8-10)16-13(17)11-2-3-11/h4-5,7-8,11-12H,2-3,6H2,1H3,(H,16,17). The van der Waals surface area contributed by atoms with Gasteiger partial charge in [-0.2, -0.15) is 11.3 Å². The van der Waals surface area contributed by atoms with E-state index < -0.39 is 0 Å². The van der Waals surface area contributed by atoms with Crippen molar-refractivity contribution in [1.82, 2.24) is 10.3 Å². The van der Waals surface area contributed by atoms with E-state index in [1.54, 1.807) is 22.7 Å². The summed E-state index contributed by atoms with van der Waals surface area (Å²) in [5.74, 6) is 0.430. The molecule has 0 spiro atoms. The minimum absolute atomic E-state index is 0.0152. The van der Waals surface area contributed by atoms with Crippen molar-refractivity contribution in [2.45, 2.75) is 32.2 Å². The number of amides is 1. The van der Waals surface area contributed by atoms with Gasteiger partial charge in [0.15, 0.2) is 0 Å². The first-order chi connectivity index (χ1) is 9.22. The highest BCUT2D eigenvalue weighted by Gasteiger charge is 2.31. The minimum atomic E-state index is 0.0152. The van der Waals surface area contributed by atoms with Crippen LogP contribution in [0, 0.1) is 12.8 Å². The van der Waals surface area contributed by atoms with Crippen LogP contribution in [-0.2, 0) is 11.2 Å². The van der Waals surface area contributed by atoms with E-state index >= 15 is 0 Å². The summed E-state index contributed by atoms with van der Waals surface area (Å²) in [4.78, 5) is 16.5. The number of hydrogen-bond donors (Lipinski definition) is 1. The van der Waals surface area contributed by atoms with E-state index in [4.69, 9.17) is 0 Å². The van der Waals surface area contributed by atoms with Crippen molar-refractivity contribution in [3.05, 3.63) is 38.5 Å². The van der Waals surface area contributed by atoms with Crippen LogP contribution in [0.15, 0.2) is 22.2 Å². The second-order valence-corrected chi connectivity index (χ2v) is 6.67. The molecule has 0 bridgehead atoms. The molecule has 1 unspecified atom stereocenters. The summed E-state index contributed by atoms with van der Waals surface area (Å²) in [6.45, 7) is 1.99. The number of aromatic nitrogens is 1. The number of rotatable bonds is 5. The molecule has 0 aromatic carbocycles. The molecule has 2 aromatic rings. The Morgan fingerprint density at radius 1 is 1.53 bits per heavy atom. The highest BCUT2D eigenvalue weighted by atomic mass is 32.1. The van der Waals surface area contributed by atoms with E-state index in [1.165, 1.54) is 5.56 Å². The van der Waals surface area contributed by atoms with Gasteiger partial charge in [-0.25, -0.2) is 4.98 Å². The van der Waals surface area contributed by atoms with Crippen LogP contribution in [0.1, 0.15) is 35.1 Å². The smallest absolute Gasteiger partial charge is 0.223 e. The van der Waals surface area contributed by atoms with Crippen LogP contribution in [0.5, 0.6) is 0 Å². The summed E-state index contributed by atoms with van der Waals surface area (Å²) in [7, 11) is 0. The highest BCUT2D eigenvalue weighted by molar-refractivity contribution is 7.09. The van der Waals surface area contributed by atoms with Crippen molar-refractivity contribution < 1.29 is 4.79 Å². The van der Waals surface area contributed by atoms with Gasteiger partial charge in [-0.05, 0) is 42.2 Å². The molecule has 2 heterocycles. The number of thiophene rings is 1. The monoisotopic (exact) mass is 292 g/mol. The van der Waals surface area contributed by atoms with Crippen LogP contribution in [0.3, 0.4) is 0 Å². The van der Waals surface area contributed by atoms with Crippen molar-refractivity contribution in [3.8, 4) is 0 Å². The van der Waals surface area contributed by atoms with E-state index in [0.29, 0.717) is 0 Å². The van der Waals surface area contributed by atoms with Gasteiger partial charge in [0.25, 0.3) is 0 Å². The van der Waals surface area contributed by atoms with Gasteiger partial charge < -0.3 is 5.32 Å². The fourth-order valence-electron chi connectivity index (χ4n) is 2.01. The lowest BCUT2D eigenvalue weighted by molar-refractivity contribution is -0.123. The topological polar surface area (TPSA) is 42.0 Å². The molecule has 1 aliphatic carbocycles. The zero-order valence-corrected chi connectivity index (χ0v) is 12.4. The van der Waals surface area contributed by atoms with Gasteiger partial charge in [0, 0.05) is 23.4 Å². The normalized spacial score (nSPS) is 16.3. The largest absolute Gasteiger partial charge is 0.346 e. The first kappa shape index (κ1) is 12.8. The predicted molar refractivity (Wildman–Crippen MR) is 78.5 cm³/mol. The Kier molecular flexibility index (Phi) is 3.66. The Balaban J connectivity index is 1.75. The quantitative estimate of drug-likeness (QED) is 0.918. The summed E-state index contributed by atoms with van der Waals surface area (Å²) in [5.41, 5.74) is 2.29. The summed E-state index contributed by atoms with van der Waals surface area (Å²) >= 11 is 3.32. The summed E-state index contributed by atoms with van der Waals surface area (Å²) in [5, 5.41) is 10.4. The third-order valence-electron chi connectivity index (χ3n) is 3.22. The fraction of sp³-hybridized carbons (Fsp3) is 0.429. The van der Waals surface area contributed by atoms with Crippen LogP contribution in [0.2, 0.25) is 0 Å². The Bertz CT molecular complexity index is 558. The third-order valence-corrected chi connectivity index (χ3v) is 5.03. The first-order valence-electron chi connectivity index (χ1n) is 6.46. The first-order valence-corrected chi connectivity index (χ1v) is 8.28. The van der Waals surface area contributed by atoms with Crippen LogP contribution in [0.4, 0.5) is 0 Å².